The zero-order valence-corrected chi connectivity index (χ0v) is 36.7. The fourth-order valence-corrected chi connectivity index (χ4v) is 6.78. The van der Waals surface area contributed by atoms with E-state index in [1.165, 1.54) is 135 Å². The molecule has 0 aromatic heterocycles. The summed E-state index contributed by atoms with van der Waals surface area (Å²) in [5, 5.41) is 0. The molecule has 0 saturated heterocycles. The Morgan fingerprint density at radius 2 is 0.600 bits per heavy atom. The number of rotatable bonds is 43. The van der Waals surface area contributed by atoms with Gasteiger partial charge in [0.2, 0.25) is 0 Å². The van der Waals surface area contributed by atoms with E-state index < -0.39 is 6.10 Å². The first-order chi connectivity index (χ1) is 27.0. The summed E-state index contributed by atoms with van der Waals surface area (Å²) < 4.78 is 16.6. The molecule has 0 aliphatic heterocycles. The maximum atomic E-state index is 12.7. The standard InChI is InChI=1S/C49H90O6/c1-4-7-10-13-15-17-19-21-23-25-27-29-31-33-36-39-42-48(51)54-45-46(44-53-47(50)41-38-35-12-9-6-3)55-49(52)43-40-37-34-32-30-28-26-24-22-20-18-16-14-11-8-5-2/h23-26,46H,4-22,27-45H2,1-3H3/b25-23-,26-24-. The zero-order valence-electron chi connectivity index (χ0n) is 36.7. The second-order valence-corrected chi connectivity index (χ2v) is 16.0. The summed E-state index contributed by atoms with van der Waals surface area (Å²) in [6.07, 6.45) is 49.1. The summed E-state index contributed by atoms with van der Waals surface area (Å²) in [4.78, 5) is 37.5. The summed E-state index contributed by atoms with van der Waals surface area (Å²) in [5.74, 6) is -0.901. The molecule has 0 radical (unpaired) electrons. The van der Waals surface area contributed by atoms with Crippen LogP contribution in [0.1, 0.15) is 252 Å². The monoisotopic (exact) mass is 775 g/mol. The van der Waals surface area contributed by atoms with E-state index in [-0.39, 0.29) is 31.1 Å². The number of ether oxygens (including phenoxy) is 3. The molecule has 0 spiro atoms. The third kappa shape index (κ3) is 42.9. The Kier molecular flexibility index (Phi) is 42.9. The van der Waals surface area contributed by atoms with Crippen molar-refractivity contribution >= 4 is 17.9 Å². The number of unbranched alkanes of at least 4 members (excludes halogenated alkanes) is 28. The van der Waals surface area contributed by atoms with Crippen LogP contribution in [0.25, 0.3) is 0 Å². The summed E-state index contributed by atoms with van der Waals surface area (Å²) in [6.45, 7) is 6.54. The molecule has 6 heteroatoms. The van der Waals surface area contributed by atoms with E-state index in [0.717, 1.165) is 77.0 Å². The molecule has 1 unspecified atom stereocenters. The number of carbonyl (C=O) groups is 3. The van der Waals surface area contributed by atoms with Gasteiger partial charge in [-0.15, -0.1) is 0 Å². The molecule has 322 valence electrons. The minimum atomic E-state index is -0.771. The van der Waals surface area contributed by atoms with Gasteiger partial charge in [-0.3, -0.25) is 14.4 Å². The number of esters is 3. The second kappa shape index (κ2) is 44.6. The molecule has 0 heterocycles. The van der Waals surface area contributed by atoms with Gasteiger partial charge in [-0.2, -0.15) is 0 Å². The van der Waals surface area contributed by atoms with Crippen LogP contribution in [0.3, 0.4) is 0 Å². The first-order valence-corrected chi connectivity index (χ1v) is 23.8. The molecule has 0 aliphatic carbocycles. The Morgan fingerprint density at radius 1 is 0.345 bits per heavy atom. The maximum absolute atomic E-state index is 12.7. The van der Waals surface area contributed by atoms with Gasteiger partial charge in [-0.25, -0.2) is 0 Å². The van der Waals surface area contributed by atoms with Gasteiger partial charge < -0.3 is 14.2 Å². The number of allylic oxidation sites excluding steroid dienone is 4. The Hall–Kier alpha value is -2.11. The van der Waals surface area contributed by atoms with E-state index >= 15 is 0 Å². The summed E-state index contributed by atoms with van der Waals surface area (Å²) in [5.41, 5.74) is 0. The van der Waals surface area contributed by atoms with E-state index in [4.69, 9.17) is 14.2 Å². The van der Waals surface area contributed by atoms with Crippen LogP contribution in [0.15, 0.2) is 24.3 Å². The predicted molar refractivity (Wildman–Crippen MR) is 233 cm³/mol. The van der Waals surface area contributed by atoms with Gasteiger partial charge in [0.05, 0.1) is 0 Å². The Morgan fingerprint density at radius 3 is 0.909 bits per heavy atom. The topological polar surface area (TPSA) is 78.9 Å². The van der Waals surface area contributed by atoms with Gasteiger partial charge in [0.1, 0.15) is 13.2 Å². The highest BCUT2D eigenvalue weighted by molar-refractivity contribution is 5.71. The lowest BCUT2D eigenvalue weighted by Gasteiger charge is -2.18. The van der Waals surface area contributed by atoms with Gasteiger partial charge in [0.25, 0.3) is 0 Å². The van der Waals surface area contributed by atoms with Crippen LogP contribution in [0, 0.1) is 0 Å². The van der Waals surface area contributed by atoms with Crippen LogP contribution < -0.4 is 0 Å². The lowest BCUT2D eigenvalue weighted by molar-refractivity contribution is -0.167. The highest BCUT2D eigenvalue weighted by Crippen LogP contribution is 2.14. The Bertz CT molecular complexity index is 896. The largest absolute Gasteiger partial charge is 0.462 e. The van der Waals surface area contributed by atoms with Crippen molar-refractivity contribution in [2.24, 2.45) is 0 Å². The molecule has 0 amide bonds. The van der Waals surface area contributed by atoms with Gasteiger partial charge >= 0.3 is 17.9 Å². The van der Waals surface area contributed by atoms with Crippen LogP contribution >= 0.6 is 0 Å². The van der Waals surface area contributed by atoms with Crippen LogP contribution in [0.5, 0.6) is 0 Å². The lowest BCUT2D eigenvalue weighted by Crippen LogP contribution is -2.30. The Balaban J connectivity index is 4.21. The minimum absolute atomic E-state index is 0.0766. The predicted octanol–water partition coefficient (Wildman–Crippen LogP) is 15.2. The van der Waals surface area contributed by atoms with E-state index in [9.17, 15) is 14.4 Å². The van der Waals surface area contributed by atoms with Crippen molar-refractivity contribution in [2.45, 2.75) is 258 Å². The maximum Gasteiger partial charge on any atom is 0.306 e. The molecule has 1 atom stereocenters. The molecular weight excluding hydrogens is 685 g/mol. The molecule has 0 aromatic carbocycles. The van der Waals surface area contributed by atoms with Crippen LogP contribution in [-0.2, 0) is 28.6 Å². The molecule has 55 heavy (non-hydrogen) atoms. The molecule has 0 rings (SSSR count). The van der Waals surface area contributed by atoms with Crippen molar-refractivity contribution in [3.8, 4) is 0 Å². The average Bonchev–Trinajstić information content (AvgIpc) is 3.18. The van der Waals surface area contributed by atoms with Gasteiger partial charge in [0, 0.05) is 19.3 Å². The SMILES string of the molecule is CCCCCCCCC/C=C\CCCCCCCC(=O)OCC(COC(=O)CCCCCCC)OC(=O)CCCCCCC/C=C\CCCCCCCCC. The van der Waals surface area contributed by atoms with Crippen LogP contribution in [0.4, 0.5) is 0 Å². The molecule has 0 aromatic rings. The minimum Gasteiger partial charge on any atom is -0.462 e. The normalized spacial score (nSPS) is 12.1. The van der Waals surface area contributed by atoms with Crippen molar-refractivity contribution in [3.63, 3.8) is 0 Å². The van der Waals surface area contributed by atoms with Crippen molar-refractivity contribution < 1.29 is 28.6 Å². The number of hydrogen-bond donors (Lipinski definition) is 0. The Labute approximate surface area is 341 Å². The van der Waals surface area contributed by atoms with Crippen LogP contribution in [-0.4, -0.2) is 37.2 Å². The summed E-state index contributed by atoms with van der Waals surface area (Å²) >= 11 is 0. The quantitative estimate of drug-likeness (QED) is 0.0266. The summed E-state index contributed by atoms with van der Waals surface area (Å²) in [7, 11) is 0. The van der Waals surface area contributed by atoms with Crippen molar-refractivity contribution in [1.29, 1.82) is 0 Å². The lowest BCUT2D eigenvalue weighted by atomic mass is 10.1. The molecular formula is C49H90O6. The fraction of sp³-hybridized carbons (Fsp3) is 0.857. The highest BCUT2D eigenvalue weighted by atomic mass is 16.6. The van der Waals surface area contributed by atoms with Crippen LogP contribution in [0.2, 0.25) is 0 Å². The number of hydrogen-bond acceptors (Lipinski definition) is 6. The molecule has 0 bridgehead atoms. The first kappa shape index (κ1) is 52.9. The van der Waals surface area contributed by atoms with Crippen molar-refractivity contribution in [1.82, 2.24) is 0 Å². The molecule has 0 fully saturated rings. The van der Waals surface area contributed by atoms with E-state index in [1.807, 2.05) is 0 Å². The third-order valence-corrected chi connectivity index (χ3v) is 10.4. The third-order valence-electron chi connectivity index (χ3n) is 10.4. The van der Waals surface area contributed by atoms with Crippen molar-refractivity contribution in [2.75, 3.05) is 13.2 Å². The van der Waals surface area contributed by atoms with E-state index in [2.05, 4.69) is 45.1 Å². The van der Waals surface area contributed by atoms with Gasteiger partial charge in [0.15, 0.2) is 6.10 Å². The first-order valence-electron chi connectivity index (χ1n) is 23.8. The zero-order chi connectivity index (χ0) is 40.1. The number of carbonyl (C=O) groups excluding carboxylic acids is 3. The van der Waals surface area contributed by atoms with Gasteiger partial charge in [-0.05, 0) is 70.6 Å². The highest BCUT2D eigenvalue weighted by Gasteiger charge is 2.19. The summed E-state index contributed by atoms with van der Waals surface area (Å²) in [6, 6.07) is 0. The van der Waals surface area contributed by atoms with E-state index in [1.54, 1.807) is 0 Å². The van der Waals surface area contributed by atoms with Crippen molar-refractivity contribution in [3.05, 3.63) is 24.3 Å². The smallest absolute Gasteiger partial charge is 0.306 e. The molecule has 0 saturated carbocycles. The molecule has 0 aliphatic rings. The van der Waals surface area contributed by atoms with Gasteiger partial charge in [-0.1, -0.05) is 186 Å². The average molecular weight is 775 g/mol. The fourth-order valence-electron chi connectivity index (χ4n) is 6.78. The molecule has 0 N–H and O–H groups in total. The van der Waals surface area contributed by atoms with E-state index in [0.29, 0.717) is 19.3 Å². The second-order valence-electron chi connectivity index (χ2n) is 16.0. The molecule has 6 nitrogen and oxygen atoms in total.